The van der Waals surface area contributed by atoms with Crippen LogP contribution in [0.2, 0.25) is 0 Å². The lowest BCUT2D eigenvalue weighted by Crippen LogP contribution is -2.40. The summed E-state index contributed by atoms with van der Waals surface area (Å²) in [7, 11) is 1.61. The number of carbonyl (C=O) groups is 2. The number of allylic oxidation sites excluding steroid dienone is 2. The van der Waals surface area contributed by atoms with E-state index in [-0.39, 0.29) is 24.2 Å². The highest BCUT2D eigenvalue weighted by Crippen LogP contribution is 2.33. The Hall–Kier alpha value is -2.56. The first-order chi connectivity index (χ1) is 11.5. The van der Waals surface area contributed by atoms with Gasteiger partial charge in [0.2, 0.25) is 5.91 Å². The zero-order valence-corrected chi connectivity index (χ0v) is 14.1. The number of benzene rings is 1. The Bertz CT molecular complexity index is 568. The molecule has 0 unspecified atom stereocenters. The van der Waals surface area contributed by atoms with Crippen molar-refractivity contribution in [2.45, 2.75) is 31.1 Å². The zero-order chi connectivity index (χ0) is 18.0. The van der Waals surface area contributed by atoms with Crippen LogP contribution in [-0.4, -0.2) is 30.6 Å². The molecule has 0 fully saturated rings. The van der Waals surface area contributed by atoms with Crippen molar-refractivity contribution >= 4 is 11.9 Å². The molecule has 5 heteroatoms. The van der Waals surface area contributed by atoms with E-state index in [1.54, 1.807) is 7.11 Å². The van der Waals surface area contributed by atoms with E-state index < -0.39 is 5.97 Å². The molecule has 0 saturated heterocycles. The number of hydrogen-bond acceptors (Lipinski definition) is 3. The molecular formula is C19H25NO4. The minimum absolute atomic E-state index is 0.0315. The van der Waals surface area contributed by atoms with Gasteiger partial charge in [-0.1, -0.05) is 24.3 Å². The quantitative estimate of drug-likeness (QED) is 0.611. The van der Waals surface area contributed by atoms with Crippen LogP contribution >= 0.6 is 0 Å². The van der Waals surface area contributed by atoms with Gasteiger partial charge in [0.1, 0.15) is 5.75 Å². The molecule has 0 aliphatic heterocycles. The molecule has 0 aliphatic carbocycles. The number of carbonyl (C=O) groups excluding carboxylic acids is 1. The van der Waals surface area contributed by atoms with Crippen molar-refractivity contribution in [1.29, 1.82) is 0 Å². The summed E-state index contributed by atoms with van der Waals surface area (Å²) in [6, 6.07) is 7.69. The van der Waals surface area contributed by atoms with Gasteiger partial charge < -0.3 is 15.2 Å². The third-order valence-corrected chi connectivity index (χ3v) is 3.96. The fourth-order valence-electron chi connectivity index (χ4n) is 2.64. The number of ether oxygens (including phenoxy) is 1. The first kappa shape index (κ1) is 19.5. The summed E-state index contributed by atoms with van der Waals surface area (Å²) in [6.45, 7) is 8.03. The van der Waals surface area contributed by atoms with Gasteiger partial charge in [-0.3, -0.25) is 9.59 Å². The van der Waals surface area contributed by atoms with E-state index in [4.69, 9.17) is 9.84 Å². The first-order valence-corrected chi connectivity index (χ1v) is 7.82. The fraction of sp³-hybridized carbons (Fsp3) is 0.368. The normalized spacial score (nSPS) is 10.7. The Kier molecular flexibility index (Phi) is 7.75. The van der Waals surface area contributed by atoms with Gasteiger partial charge in [0, 0.05) is 18.4 Å². The molecule has 1 aromatic carbocycles. The number of rotatable bonds is 11. The van der Waals surface area contributed by atoms with E-state index >= 15 is 0 Å². The summed E-state index contributed by atoms with van der Waals surface area (Å²) < 4.78 is 5.19. The Labute approximate surface area is 143 Å². The maximum Gasteiger partial charge on any atom is 0.303 e. The summed E-state index contributed by atoms with van der Waals surface area (Å²) in [5.41, 5.74) is 0.677. The summed E-state index contributed by atoms with van der Waals surface area (Å²) in [5.74, 6) is -0.498. The standard InChI is InChI=1S/C19H25NO4/c1-4-12-19(13-5-2,14-20-17(21)10-11-18(22)23)15-6-8-16(24-3)9-7-15/h4-9H,1-2,10-14H2,3H3,(H,20,21)(H,22,23). The van der Waals surface area contributed by atoms with Crippen LogP contribution in [0, 0.1) is 0 Å². The maximum atomic E-state index is 11.9. The summed E-state index contributed by atoms with van der Waals surface area (Å²) in [6.07, 6.45) is 4.74. The summed E-state index contributed by atoms with van der Waals surface area (Å²) in [5, 5.41) is 11.5. The van der Waals surface area contributed by atoms with Crippen LogP contribution < -0.4 is 10.1 Å². The van der Waals surface area contributed by atoms with Crippen molar-refractivity contribution in [2.24, 2.45) is 0 Å². The summed E-state index contributed by atoms with van der Waals surface area (Å²) in [4.78, 5) is 22.5. The van der Waals surface area contributed by atoms with Gasteiger partial charge in [-0.2, -0.15) is 0 Å². The number of hydrogen-bond donors (Lipinski definition) is 2. The maximum absolute atomic E-state index is 11.9. The largest absolute Gasteiger partial charge is 0.497 e. The van der Waals surface area contributed by atoms with E-state index in [9.17, 15) is 9.59 Å². The molecule has 24 heavy (non-hydrogen) atoms. The van der Waals surface area contributed by atoms with Crippen LogP contribution in [0.3, 0.4) is 0 Å². The number of aliphatic carboxylic acids is 1. The third kappa shape index (κ3) is 5.57. The molecule has 0 bridgehead atoms. The van der Waals surface area contributed by atoms with Gasteiger partial charge in [-0.05, 0) is 30.5 Å². The van der Waals surface area contributed by atoms with Crippen molar-refractivity contribution in [3.8, 4) is 5.75 Å². The highest BCUT2D eigenvalue weighted by molar-refractivity contribution is 5.80. The van der Waals surface area contributed by atoms with Gasteiger partial charge in [0.25, 0.3) is 0 Å². The van der Waals surface area contributed by atoms with E-state index in [0.717, 1.165) is 11.3 Å². The molecule has 130 valence electrons. The zero-order valence-electron chi connectivity index (χ0n) is 14.1. The number of nitrogens with one attached hydrogen (secondary N) is 1. The van der Waals surface area contributed by atoms with Crippen molar-refractivity contribution in [3.63, 3.8) is 0 Å². The molecule has 5 nitrogen and oxygen atoms in total. The average molecular weight is 331 g/mol. The Balaban J connectivity index is 2.95. The molecule has 0 heterocycles. The number of carboxylic acids is 1. The molecule has 2 N–H and O–H groups in total. The van der Waals surface area contributed by atoms with Gasteiger partial charge >= 0.3 is 5.97 Å². The van der Waals surface area contributed by atoms with Crippen LogP contribution in [0.4, 0.5) is 0 Å². The molecule has 0 aliphatic rings. The lowest BCUT2D eigenvalue weighted by molar-refractivity contribution is -0.138. The van der Waals surface area contributed by atoms with E-state index in [2.05, 4.69) is 18.5 Å². The predicted molar refractivity (Wildman–Crippen MR) is 94.2 cm³/mol. The van der Waals surface area contributed by atoms with Crippen molar-refractivity contribution in [1.82, 2.24) is 5.32 Å². The van der Waals surface area contributed by atoms with Crippen LogP contribution in [0.1, 0.15) is 31.2 Å². The SMILES string of the molecule is C=CCC(CC=C)(CNC(=O)CCC(=O)O)c1ccc(OC)cc1. The average Bonchev–Trinajstić information content (AvgIpc) is 2.58. The van der Waals surface area contributed by atoms with Gasteiger partial charge in [-0.15, -0.1) is 13.2 Å². The highest BCUT2D eigenvalue weighted by Gasteiger charge is 2.30. The Morgan fingerprint density at radius 2 is 1.75 bits per heavy atom. The highest BCUT2D eigenvalue weighted by atomic mass is 16.5. The molecule has 0 radical (unpaired) electrons. The molecule has 0 aromatic heterocycles. The van der Waals surface area contributed by atoms with Crippen molar-refractivity contribution < 1.29 is 19.4 Å². The monoisotopic (exact) mass is 331 g/mol. The third-order valence-electron chi connectivity index (χ3n) is 3.96. The minimum Gasteiger partial charge on any atom is -0.497 e. The van der Waals surface area contributed by atoms with Crippen LogP contribution in [-0.2, 0) is 15.0 Å². The number of carboxylic acid groups (broad SMARTS) is 1. The lowest BCUT2D eigenvalue weighted by Gasteiger charge is -2.33. The van der Waals surface area contributed by atoms with Crippen LogP contribution in [0.25, 0.3) is 0 Å². The second-order valence-corrected chi connectivity index (χ2v) is 5.66. The lowest BCUT2D eigenvalue weighted by atomic mass is 9.74. The Morgan fingerprint density at radius 1 is 1.17 bits per heavy atom. The van der Waals surface area contributed by atoms with Crippen LogP contribution in [0.5, 0.6) is 5.75 Å². The molecule has 0 spiro atoms. The minimum atomic E-state index is -0.983. The van der Waals surface area contributed by atoms with Crippen molar-refractivity contribution in [2.75, 3.05) is 13.7 Å². The smallest absolute Gasteiger partial charge is 0.303 e. The molecule has 1 amide bonds. The predicted octanol–water partition coefficient (Wildman–Crippen LogP) is 3.07. The van der Waals surface area contributed by atoms with E-state index in [1.807, 2.05) is 36.4 Å². The second kappa shape index (κ2) is 9.55. The number of methoxy groups -OCH3 is 1. The molecule has 1 aromatic rings. The second-order valence-electron chi connectivity index (χ2n) is 5.66. The van der Waals surface area contributed by atoms with Crippen molar-refractivity contribution in [3.05, 3.63) is 55.1 Å². The number of amides is 1. The molecule has 1 rings (SSSR count). The van der Waals surface area contributed by atoms with Gasteiger partial charge in [0.15, 0.2) is 0 Å². The topological polar surface area (TPSA) is 75.6 Å². The van der Waals surface area contributed by atoms with E-state index in [1.165, 1.54) is 0 Å². The fourth-order valence-corrected chi connectivity index (χ4v) is 2.64. The molecule has 0 saturated carbocycles. The first-order valence-electron chi connectivity index (χ1n) is 7.82. The molecule has 0 atom stereocenters. The molecular weight excluding hydrogens is 306 g/mol. The van der Waals surface area contributed by atoms with Gasteiger partial charge in [-0.25, -0.2) is 0 Å². The Morgan fingerprint density at radius 3 is 2.21 bits per heavy atom. The van der Waals surface area contributed by atoms with Crippen LogP contribution in [0.15, 0.2) is 49.6 Å². The van der Waals surface area contributed by atoms with E-state index in [0.29, 0.717) is 19.4 Å². The summed E-state index contributed by atoms with van der Waals surface area (Å²) >= 11 is 0. The van der Waals surface area contributed by atoms with Gasteiger partial charge in [0.05, 0.1) is 13.5 Å².